The van der Waals surface area contributed by atoms with Crippen molar-refractivity contribution in [2.45, 2.75) is 6.55 Å². The Morgan fingerprint density at radius 1 is 1.53 bits per heavy atom. The predicted octanol–water partition coefficient (Wildman–Crippen LogP) is 2.46. The average molecular weight is 238 g/mol. The maximum Gasteiger partial charge on any atom is 0.313 e. The summed E-state index contributed by atoms with van der Waals surface area (Å²) in [5, 5.41) is 12.1. The number of alkyl halides is 2. The average Bonchev–Trinajstić information content (AvgIpc) is 2.09. The van der Waals surface area contributed by atoms with E-state index in [1.165, 1.54) is 0 Å². The molecule has 1 aromatic rings. The van der Waals surface area contributed by atoms with E-state index >= 15 is 0 Å². The van der Waals surface area contributed by atoms with E-state index in [0.717, 1.165) is 12.1 Å². The lowest BCUT2D eigenvalue weighted by Crippen LogP contribution is -2.09. The van der Waals surface area contributed by atoms with Gasteiger partial charge in [0.15, 0.2) is 0 Å². The molecule has 0 heterocycles. The molecule has 8 heteroatoms. The maximum atomic E-state index is 12.0. The molecule has 82 valence electrons. The lowest BCUT2D eigenvalue weighted by molar-refractivity contribution is -0.383. The number of rotatable bonds is 3. The third-order valence-electron chi connectivity index (χ3n) is 1.58. The van der Waals surface area contributed by atoms with Crippen LogP contribution in [0.5, 0.6) is 0 Å². The molecule has 0 spiro atoms. The van der Waals surface area contributed by atoms with Crippen LogP contribution in [0, 0.1) is 10.1 Å². The van der Waals surface area contributed by atoms with Crippen LogP contribution < -0.4 is 11.1 Å². The minimum Gasteiger partial charge on any atom is -0.391 e. The largest absolute Gasteiger partial charge is 0.391 e. The summed E-state index contributed by atoms with van der Waals surface area (Å²) in [4.78, 5) is 9.67. The van der Waals surface area contributed by atoms with Crippen molar-refractivity contribution in [3.63, 3.8) is 0 Å². The molecule has 3 N–H and O–H groups in total. The second-order valence-corrected chi connectivity index (χ2v) is 3.02. The molecule has 15 heavy (non-hydrogen) atoms. The summed E-state index contributed by atoms with van der Waals surface area (Å²) in [6, 6.07) is 2.09. The van der Waals surface area contributed by atoms with Gasteiger partial charge in [-0.05, 0) is 6.07 Å². The van der Waals surface area contributed by atoms with Crippen molar-refractivity contribution in [3.8, 4) is 0 Å². The second-order valence-electron chi connectivity index (χ2n) is 2.59. The van der Waals surface area contributed by atoms with E-state index in [1.54, 1.807) is 5.32 Å². The van der Waals surface area contributed by atoms with Crippen LogP contribution in [0.2, 0.25) is 5.02 Å². The van der Waals surface area contributed by atoms with Crippen LogP contribution >= 0.6 is 11.6 Å². The molecule has 5 nitrogen and oxygen atoms in total. The summed E-state index contributed by atoms with van der Waals surface area (Å²) in [5.74, 6) is 0. The first-order valence-corrected chi connectivity index (χ1v) is 4.07. The highest BCUT2D eigenvalue weighted by Gasteiger charge is 2.18. The van der Waals surface area contributed by atoms with E-state index in [4.69, 9.17) is 17.3 Å². The topological polar surface area (TPSA) is 81.2 Å². The van der Waals surface area contributed by atoms with Crippen LogP contribution in [0.25, 0.3) is 0 Å². The molecule has 0 fully saturated rings. The van der Waals surface area contributed by atoms with Gasteiger partial charge in [-0.15, -0.1) is 0 Å². The molecule has 0 aliphatic heterocycles. The summed E-state index contributed by atoms with van der Waals surface area (Å²) in [5.41, 5.74) is 4.17. The SMILES string of the molecule is Nc1c(NC(F)F)cc(Cl)cc1[N+](=O)[O-]. The summed E-state index contributed by atoms with van der Waals surface area (Å²) < 4.78 is 24.0. The number of nitrogens with one attached hydrogen (secondary N) is 1. The smallest absolute Gasteiger partial charge is 0.313 e. The molecule has 0 saturated carbocycles. The van der Waals surface area contributed by atoms with Crippen molar-refractivity contribution in [3.05, 3.63) is 27.3 Å². The Balaban J connectivity index is 3.22. The number of hydrogen-bond acceptors (Lipinski definition) is 4. The van der Waals surface area contributed by atoms with Gasteiger partial charge in [-0.25, -0.2) is 0 Å². The van der Waals surface area contributed by atoms with E-state index in [9.17, 15) is 18.9 Å². The molecule has 1 rings (SSSR count). The number of anilines is 2. The van der Waals surface area contributed by atoms with E-state index in [-0.39, 0.29) is 16.4 Å². The van der Waals surface area contributed by atoms with Gasteiger partial charge in [-0.1, -0.05) is 11.6 Å². The third kappa shape index (κ3) is 2.66. The van der Waals surface area contributed by atoms with Gasteiger partial charge in [-0.2, -0.15) is 8.78 Å². The van der Waals surface area contributed by atoms with E-state index in [2.05, 4.69) is 0 Å². The van der Waals surface area contributed by atoms with Crippen LogP contribution in [0.3, 0.4) is 0 Å². The van der Waals surface area contributed by atoms with Crippen molar-refractivity contribution >= 4 is 28.7 Å². The number of nitrogens with two attached hydrogens (primary N) is 1. The number of nitro groups is 1. The molecule has 0 amide bonds. The second kappa shape index (κ2) is 4.26. The van der Waals surface area contributed by atoms with E-state index in [1.807, 2.05) is 0 Å². The number of nitro benzene ring substituents is 1. The monoisotopic (exact) mass is 237 g/mol. The minimum absolute atomic E-state index is 0.0425. The first-order chi connectivity index (χ1) is 6.91. The fraction of sp³-hybridized carbons (Fsp3) is 0.143. The maximum absolute atomic E-state index is 12.0. The first kappa shape index (κ1) is 11.4. The third-order valence-corrected chi connectivity index (χ3v) is 1.80. The molecule has 0 atom stereocenters. The molecular formula is C7H6ClF2N3O2. The highest BCUT2D eigenvalue weighted by molar-refractivity contribution is 6.31. The Morgan fingerprint density at radius 3 is 2.60 bits per heavy atom. The lowest BCUT2D eigenvalue weighted by Gasteiger charge is -2.08. The Labute approximate surface area is 88.0 Å². The molecular weight excluding hydrogens is 232 g/mol. The van der Waals surface area contributed by atoms with Crippen molar-refractivity contribution in [2.75, 3.05) is 11.1 Å². The van der Waals surface area contributed by atoms with Crippen LogP contribution in [0.15, 0.2) is 12.1 Å². The van der Waals surface area contributed by atoms with Crippen LogP contribution in [0.4, 0.5) is 25.8 Å². The van der Waals surface area contributed by atoms with Gasteiger partial charge < -0.3 is 11.1 Å². The molecule has 0 aliphatic rings. The Morgan fingerprint density at radius 2 is 2.13 bits per heavy atom. The van der Waals surface area contributed by atoms with Gasteiger partial charge in [-0.3, -0.25) is 10.1 Å². The molecule has 0 aliphatic carbocycles. The number of benzene rings is 1. The lowest BCUT2D eigenvalue weighted by atomic mass is 10.2. The fourth-order valence-corrected chi connectivity index (χ4v) is 1.20. The number of nitrogen functional groups attached to an aromatic ring is 1. The summed E-state index contributed by atoms with van der Waals surface area (Å²) in [6.45, 7) is -2.87. The van der Waals surface area contributed by atoms with Crippen LogP contribution in [-0.2, 0) is 0 Å². The molecule has 1 aromatic carbocycles. The predicted molar refractivity (Wildman–Crippen MR) is 52.1 cm³/mol. The van der Waals surface area contributed by atoms with Gasteiger partial charge >= 0.3 is 6.55 Å². The first-order valence-electron chi connectivity index (χ1n) is 3.70. The Kier molecular flexibility index (Phi) is 3.25. The zero-order chi connectivity index (χ0) is 11.6. The highest BCUT2D eigenvalue weighted by atomic mass is 35.5. The standard InChI is InChI=1S/C7H6ClF2N3O2/c8-3-1-4(12-7(9)10)6(11)5(2-3)13(14)15/h1-2,7,12H,11H2. The van der Waals surface area contributed by atoms with E-state index < -0.39 is 17.2 Å². The van der Waals surface area contributed by atoms with Gasteiger partial charge in [0.05, 0.1) is 10.6 Å². The van der Waals surface area contributed by atoms with Gasteiger partial charge in [0, 0.05) is 11.1 Å². The molecule has 0 aromatic heterocycles. The number of hydrogen-bond donors (Lipinski definition) is 2. The minimum atomic E-state index is -2.87. The fourth-order valence-electron chi connectivity index (χ4n) is 0.992. The van der Waals surface area contributed by atoms with Crippen molar-refractivity contribution in [1.82, 2.24) is 0 Å². The Hall–Kier alpha value is -1.63. The van der Waals surface area contributed by atoms with Crippen molar-refractivity contribution < 1.29 is 13.7 Å². The molecule has 0 unspecified atom stereocenters. The van der Waals surface area contributed by atoms with Crippen LogP contribution in [0.1, 0.15) is 0 Å². The summed E-state index contributed by atoms with van der Waals surface area (Å²) >= 11 is 5.50. The summed E-state index contributed by atoms with van der Waals surface area (Å²) in [7, 11) is 0. The molecule has 0 saturated heterocycles. The van der Waals surface area contributed by atoms with Crippen molar-refractivity contribution in [2.24, 2.45) is 0 Å². The number of nitrogens with zero attached hydrogens (tertiary/aromatic N) is 1. The quantitative estimate of drug-likeness (QED) is 0.366. The highest BCUT2D eigenvalue weighted by Crippen LogP contribution is 2.33. The van der Waals surface area contributed by atoms with Crippen LogP contribution in [-0.4, -0.2) is 11.5 Å². The van der Waals surface area contributed by atoms with Gasteiger partial charge in [0.1, 0.15) is 5.69 Å². The Bertz CT molecular complexity index is 400. The zero-order valence-electron chi connectivity index (χ0n) is 7.21. The molecule has 0 radical (unpaired) electrons. The van der Waals surface area contributed by atoms with Crippen molar-refractivity contribution in [1.29, 1.82) is 0 Å². The van der Waals surface area contributed by atoms with Gasteiger partial charge in [0.2, 0.25) is 0 Å². The zero-order valence-corrected chi connectivity index (χ0v) is 7.96. The number of halogens is 3. The molecule has 0 bridgehead atoms. The normalized spacial score (nSPS) is 10.4. The van der Waals surface area contributed by atoms with Gasteiger partial charge in [0.25, 0.3) is 5.69 Å². The summed E-state index contributed by atoms with van der Waals surface area (Å²) in [6.07, 6.45) is 0. The van der Waals surface area contributed by atoms with E-state index in [0.29, 0.717) is 0 Å².